The summed E-state index contributed by atoms with van der Waals surface area (Å²) in [5.41, 5.74) is 3.25. The molecule has 0 aliphatic rings. The van der Waals surface area contributed by atoms with Crippen LogP contribution >= 0.6 is 11.3 Å². The van der Waals surface area contributed by atoms with Crippen LogP contribution in [0.3, 0.4) is 0 Å². The number of hydrogen-bond acceptors (Lipinski definition) is 5. The van der Waals surface area contributed by atoms with Gasteiger partial charge in [0.25, 0.3) is 5.91 Å². The van der Waals surface area contributed by atoms with Crippen molar-refractivity contribution in [3.05, 3.63) is 76.6 Å². The lowest BCUT2D eigenvalue weighted by atomic mass is 10.1. The number of carbonyl (C=O) groups is 1. The monoisotopic (exact) mass is 385 g/mol. The number of fused-ring (bicyclic) bond motifs is 3. The average molecular weight is 385 g/mol. The first-order valence-electron chi connectivity index (χ1n) is 8.77. The van der Waals surface area contributed by atoms with Gasteiger partial charge in [-0.05, 0) is 42.6 Å². The lowest BCUT2D eigenvalue weighted by molar-refractivity contribution is 0.103. The molecule has 0 bridgehead atoms. The van der Waals surface area contributed by atoms with E-state index >= 15 is 0 Å². The Morgan fingerprint density at radius 2 is 1.75 bits per heavy atom. The maximum atomic E-state index is 12.2. The first-order chi connectivity index (χ1) is 13.7. The van der Waals surface area contributed by atoms with Crippen molar-refractivity contribution in [2.45, 2.75) is 6.92 Å². The summed E-state index contributed by atoms with van der Waals surface area (Å²) in [7, 11) is 0. The molecule has 6 nitrogen and oxygen atoms in total. The molecule has 0 spiro atoms. The molecule has 136 valence electrons. The third-order valence-corrected chi connectivity index (χ3v) is 5.46. The summed E-state index contributed by atoms with van der Waals surface area (Å²) in [6.07, 6.45) is 0. The molecule has 0 atom stereocenters. The van der Waals surface area contributed by atoms with Gasteiger partial charge in [0, 0.05) is 22.0 Å². The Hall–Kier alpha value is -3.58. The minimum atomic E-state index is -0.112. The van der Waals surface area contributed by atoms with E-state index in [0.29, 0.717) is 10.7 Å². The summed E-state index contributed by atoms with van der Waals surface area (Å²) in [6, 6.07) is 19.2. The fraction of sp³-hybridized carbons (Fsp3) is 0.0476. The number of benzene rings is 2. The maximum absolute atomic E-state index is 12.2. The van der Waals surface area contributed by atoms with Crippen LogP contribution in [0.4, 0.5) is 5.69 Å². The van der Waals surface area contributed by atoms with Crippen LogP contribution in [0.2, 0.25) is 0 Å². The largest absolute Gasteiger partial charge is 0.321 e. The number of thiophene rings is 1. The first-order valence-corrected chi connectivity index (χ1v) is 9.65. The molecule has 2 aromatic carbocycles. The number of rotatable bonds is 3. The zero-order valence-corrected chi connectivity index (χ0v) is 15.8. The van der Waals surface area contributed by atoms with Crippen LogP contribution in [0.1, 0.15) is 15.4 Å². The van der Waals surface area contributed by atoms with Crippen molar-refractivity contribution in [1.29, 1.82) is 0 Å². The zero-order chi connectivity index (χ0) is 19.1. The number of aromatic nitrogens is 4. The topological polar surface area (TPSA) is 72.2 Å². The summed E-state index contributed by atoms with van der Waals surface area (Å²) in [6.45, 7) is 1.98. The molecule has 1 N–H and O–H groups in total. The van der Waals surface area contributed by atoms with Crippen molar-refractivity contribution in [3.8, 4) is 11.4 Å². The van der Waals surface area contributed by atoms with E-state index < -0.39 is 0 Å². The fourth-order valence-electron chi connectivity index (χ4n) is 3.22. The molecule has 28 heavy (non-hydrogen) atoms. The Morgan fingerprint density at radius 1 is 0.964 bits per heavy atom. The van der Waals surface area contributed by atoms with Gasteiger partial charge >= 0.3 is 0 Å². The molecule has 3 heterocycles. The van der Waals surface area contributed by atoms with Crippen LogP contribution in [-0.2, 0) is 0 Å². The minimum absolute atomic E-state index is 0.112. The van der Waals surface area contributed by atoms with Crippen LogP contribution < -0.4 is 5.32 Å². The predicted molar refractivity (Wildman–Crippen MR) is 111 cm³/mol. The van der Waals surface area contributed by atoms with Crippen molar-refractivity contribution in [2.75, 3.05) is 5.32 Å². The van der Waals surface area contributed by atoms with E-state index in [1.165, 1.54) is 11.3 Å². The van der Waals surface area contributed by atoms with Crippen LogP contribution in [-0.4, -0.2) is 25.7 Å². The van der Waals surface area contributed by atoms with Crippen molar-refractivity contribution in [3.63, 3.8) is 0 Å². The normalized spacial score (nSPS) is 11.2. The molecule has 0 fully saturated rings. The summed E-state index contributed by atoms with van der Waals surface area (Å²) in [5, 5.41) is 20.2. The Balaban J connectivity index is 1.51. The molecule has 5 aromatic rings. The molecule has 5 rings (SSSR count). The van der Waals surface area contributed by atoms with Gasteiger partial charge in [-0.1, -0.05) is 30.3 Å². The number of aryl methyl sites for hydroxylation is 1. The van der Waals surface area contributed by atoms with Gasteiger partial charge in [-0.2, -0.15) is 9.61 Å². The van der Waals surface area contributed by atoms with E-state index in [1.54, 1.807) is 10.6 Å². The molecule has 0 unspecified atom stereocenters. The highest BCUT2D eigenvalue weighted by Crippen LogP contribution is 2.25. The molecule has 0 radical (unpaired) electrons. The van der Waals surface area contributed by atoms with Gasteiger partial charge in [0.1, 0.15) is 0 Å². The van der Waals surface area contributed by atoms with Gasteiger partial charge in [0.15, 0.2) is 11.5 Å². The number of nitrogens with one attached hydrogen (secondary N) is 1. The number of anilines is 1. The lowest BCUT2D eigenvalue weighted by Crippen LogP contribution is -2.09. The van der Waals surface area contributed by atoms with Gasteiger partial charge in [0.05, 0.1) is 10.6 Å². The highest BCUT2D eigenvalue weighted by atomic mass is 32.1. The molecule has 0 saturated carbocycles. The highest BCUT2D eigenvalue weighted by molar-refractivity contribution is 7.12. The number of nitrogens with zero attached hydrogens (tertiary/aromatic N) is 4. The average Bonchev–Trinajstić information content (AvgIpc) is 3.39. The standard InChI is InChI=1S/C21H15N5OS/c1-13-16-5-2-3-6-17(16)20-24-23-19(26(20)25-13)14-8-10-15(11-9-14)22-21(27)18-7-4-12-28-18/h2-12H,1H3,(H,22,27). The molecule has 1 amide bonds. The molecule has 7 heteroatoms. The van der Waals surface area contributed by atoms with Crippen molar-refractivity contribution in [1.82, 2.24) is 19.8 Å². The molecule has 0 aliphatic carbocycles. The van der Waals surface area contributed by atoms with Crippen LogP contribution in [0.25, 0.3) is 27.8 Å². The van der Waals surface area contributed by atoms with Crippen molar-refractivity contribution >= 4 is 39.4 Å². The van der Waals surface area contributed by atoms with Crippen LogP contribution in [0.15, 0.2) is 66.0 Å². The third-order valence-electron chi connectivity index (χ3n) is 4.59. The van der Waals surface area contributed by atoms with E-state index in [0.717, 1.165) is 33.4 Å². The maximum Gasteiger partial charge on any atom is 0.265 e. The third kappa shape index (κ3) is 2.73. The summed E-state index contributed by atoms with van der Waals surface area (Å²) in [5.74, 6) is 0.555. The second kappa shape index (κ2) is 6.54. The zero-order valence-electron chi connectivity index (χ0n) is 15.0. The molecular weight excluding hydrogens is 370 g/mol. The summed E-state index contributed by atoms with van der Waals surface area (Å²) < 4.78 is 1.77. The highest BCUT2D eigenvalue weighted by Gasteiger charge is 2.14. The Labute approximate surface area is 164 Å². The van der Waals surface area contributed by atoms with E-state index in [4.69, 9.17) is 0 Å². The van der Waals surface area contributed by atoms with Gasteiger partial charge < -0.3 is 5.32 Å². The Bertz CT molecular complexity index is 1310. The SMILES string of the molecule is Cc1nn2c(-c3ccc(NC(=O)c4cccs4)cc3)nnc2c2ccccc12. The van der Waals surface area contributed by atoms with E-state index in [9.17, 15) is 4.79 Å². The van der Waals surface area contributed by atoms with Crippen LogP contribution in [0.5, 0.6) is 0 Å². The van der Waals surface area contributed by atoms with E-state index in [-0.39, 0.29) is 5.91 Å². The van der Waals surface area contributed by atoms with Gasteiger partial charge in [0.2, 0.25) is 0 Å². The second-order valence-electron chi connectivity index (χ2n) is 6.40. The quantitative estimate of drug-likeness (QED) is 0.494. The van der Waals surface area contributed by atoms with E-state index in [1.807, 2.05) is 66.9 Å². The van der Waals surface area contributed by atoms with Crippen LogP contribution in [0, 0.1) is 6.92 Å². The number of carbonyl (C=O) groups excluding carboxylic acids is 1. The lowest BCUT2D eigenvalue weighted by Gasteiger charge is -2.06. The number of amides is 1. The van der Waals surface area contributed by atoms with Gasteiger partial charge in [-0.15, -0.1) is 21.5 Å². The van der Waals surface area contributed by atoms with Gasteiger partial charge in [-0.3, -0.25) is 4.79 Å². The second-order valence-corrected chi connectivity index (χ2v) is 7.35. The minimum Gasteiger partial charge on any atom is -0.321 e. The Morgan fingerprint density at radius 3 is 2.50 bits per heavy atom. The molecule has 3 aromatic heterocycles. The van der Waals surface area contributed by atoms with Gasteiger partial charge in [-0.25, -0.2) is 0 Å². The summed E-state index contributed by atoms with van der Waals surface area (Å²) >= 11 is 1.41. The summed E-state index contributed by atoms with van der Waals surface area (Å²) in [4.78, 5) is 12.9. The fourth-order valence-corrected chi connectivity index (χ4v) is 3.84. The van der Waals surface area contributed by atoms with E-state index in [2.05, 4.69) is 20.6 Å². The smallest absolute Gasteiger partial charge is 0.265 e. The van der Waals surface area contributed by atoms with Crippen molar-refractivity contribution < 1.29 is 4.79 Å². The van der Waals surface area contributed by atoms with Crippen molar-refractivity contribution in [2.24, 2.45) is 0 Å². The molecular formula is C21H15N5OS. The molecule has 0 saturated heterocycles. The number of hydrogen-bond donors (Lipinski definition) is 1. The first kappa shape index (κ1) is 16.6. The predicted octanol–water partition coefficient (Wildman–Crippen LogP) is 4.57. The molecule has 0 aliphatic heterocycles. The Kier molecular flexibility index (Phi) is 3.87.